The van der Waals surface area contributed by atoms with Crippen LogP contribution in [0.4, 0.5) is 20.2 Å². The number of carbonyl (C=O) groups excluding carboxylic acids is 8. The Morgan fingerprint density at radius 2 is 0.941 bits per heavy atom. The SMILES string of the molecule is CC[C@@H]1C[C@@H](C)CC/C=C\[C@@H]2C[C@@]2(C(=O)NS(=O)(=O)C2(CF)CC2)CC(=O)[C@@H]2C[C@@H](Oc3nccc4c5c(ccc34)N(C)CCO5)CN2C(=O)[C@H]1CC(=O)OC(C)(C)C.CC[C@@H]1C[C@H](C)CC/C=C\[C@@H]2C[C@@]2(C(=O)NS(=O)(=O)C2(CF)CC2)CC(=O)[C@@H]2C[C@@H](Oc3nccc4c5c(ccc34)N(C)CCO5)CN2C(=O)[C@H]1CC(=O)OC(C)(C)C. The van der Waals surface area contributed by atoms with E-state index in [4.69, 9.17) is 28.4 Å². The van der Waals surface area contributed by atoms with E-state index in [1.165, 1.54) is 9.80 Å². The molecule has 118 heavy (non-hydrogen) atoms. The zero-order valence-electron chi connectivity index (χ0n) is 70.3. The molecule has 4 aromatic rings. The number of esters is 2. The van der Waals surface area contributed by atoms with Gasteiger partial charge in [-0.05, 0) is 190 Å². The minimum atomic E-state index is -4.34. The lowest BCUT2D eigenvalue weighted by Gasteiger charge is -2.33. The number of nitrogens with one attached hydrogen (secondary N) is 2. The Morgan fingerprint density at radius 3 is 1.29 bits per heavy atom. The number of hydrogen-bond donors (Lipinski definition) is 2. The predicted molar refractivity (Wildman–Crippen MR) is 440 cm³/mol. The first-order valence-electron chi connectivity index (χ1n) is 42.3. The minimum absolute atomic E-state index is 0.0181. The van der Waals surface area contributed by atoms with Gasteiger partial charge in [0.15, 0.2) is 23.1 Å². The second-order valence-electron chi connectivity index (χ2n) is 37.3. The molecule has 0 unspecified atom stereocenters. The van der Waals surface area contributed by atoms with E-state index in [1.807, 2.05) is 88.6 Å². The molecule has 4 amide bonds. The second kappa shape index (κ2) is 34.2. The summed E-state index contributed by atoms with van der Waals surface area (Å²) in [5, 5.41) is 3.04. The molecule has 644 valence electrons. The number of nitrogens with zero attached hydrogens (tertiary/aromatic N) is 6. The number of rotatable bonds is 18. The van der Waals surface area contributed by atoms with E-state index in [0.29, 0.717) is 74.3 Å². The number of likely N-dealkylation sites (N-methyl/N-ethyl adjacent to an activating group) is 2. The van der Waals surface area contributed by atoms with Gasteiger partial charge in [-0.1, -0.05) is 64.8 Å². The van der Waals surface area contributed by atoms with E-state index in [-0.39, 0.29) is 126 Å². The molecule has 4 aliphatic carbocycles. The van der Waals surface area contributed by atoms with Crippen molar-refractivity contribution in [2.75, 3.05) is 76.6 Å². The maximum absolute atomic E-state index is 15.1. The number of pyridine rings is 2. The average Bonchev–Trinajstić information content (AvgIpc) is 1.56. The van der Waals surface area contributed by atoms with Crippen LogP contribution in [0.3, 0.4) is 0 Å². The lowest BCUT2D eigenvalue weighted by atomic mass is 9.79. The molecule has 2 saturated heterocycles. The first kappa shape index (κ1) is 87.3. The van der Waals surface area contributed by atoms with Gasteiger partial charge in [-0.2, -0.15) is 0 Å². The zero-order valence-corrected chi connectivity index (χ0v) is 71.9. The third-order valence-electron chi connectivity index (χ3n) is 26.3. The van der Waals surface area contributed by atoms with Crippen LogP contribution in [0.25, 0.3) is 21.5 Å². The summed E-state index contributed by atoms with van der Waals surface area (Å²) >= 11 is 0. The normalized spacial score (nSPS) is 30.2. The second-order valence-corrected chi connectivity index (χ2v) is 41.5. The Morgan fingerprint density at radius 1 is 0.559 bits per heavy atom. The maximum Gasteiger partial charge on any atom is 0.307 e. The molecule has 30 heteroatoms. The van der Waals surface area contributed by atoms with Crippen LogP contribution < -0.4 is 38.2 Å². The van der Waals surface area contributed by atoms with Gasteiger partial charge in [0, 0.05) is 73.7 Å². The van der Waals surface area contributed by atoms with Crippen LogP contribution in [0.1, 0.15) is 198 Å². The van der Waals surface area contributed by atoms with Crippen LogP contribution in [-0.2, 0) is 67.9 Å². The maximum atomic E-state index is 15.1. The van der Waals surface area contributed by atoms with Gasteiger partial charge >= 0.3 is 11.9 Å². The van der Waals surface area contributed by atoms with Crippen molar-refractivity contribution < 1.29 is 92.4 Å². The molecule has 10 aliphatic rings. The van der Waals surface area contributed by atoms with E-state index in [9.17, 15) is 54.4 Å². The van der Waals surface area contributed by atoms with Crippen LogP contribution in [0.15, 0.2) is 73.1 Å². The summed E-state index contributed by atoms with van der Waals surface area (Å²) in [7, 11) is -4.69. The third-order valence-corrected chi connectivity index (χ3v) is 30.5. The molecule has 14 atom stereocenters. The largest absolute Gasteiger partial charge is 0.489 e. The van der Waals surface area contributed by atoms with Gasteiger partial charge in [0.05, 0.1) is 85.1 Å². The molecule has 2 aromatic heterocycles. The van der Waals surface area contributed by atoms with Crippen molar-refractivity contribution in [1.29, 1.82) is 0 Å². The summed E-state index contributed by atoms with van der Waals surface area (Å²) in [6, 6.07) is 9.39. The lowest BCUT2D eigenvalue weighted by Crippen LogP contribution is -2.48. The Kier molecular flexibility index (Phi) is 25.3. The van der Waals surface area contributed by atoms with Crippen LogP contribution in [0.2, 0.25) is 0 Å². The van der Waals surface area contributed by atoms with Crippen LogP contribution in [0, 0.1) is 58.2 Å². The van der Waals surface area contributed by atoms with E-state index < -0.39 is 148 Å². The van der Waals surface area contributed by atoms with Crippen molar-refractivity contribution in [3.05, 3.63) is 73.1 Å². The topological polar surface area (TPSA) is 323 Å². The van der Waals surface area contributed by atoms with Crippen molar-refractivity contribution >= 4 is 100 Å². The summed E-state index contributed by atoms with van der Waals surface area (Å²) in [5.74, 6) is -4.63. The summed E-state index contributed by atoms with van der Waals surface area (Å²) in [5.41, 5.74) is -2.45. The van der Waals surface area contributed by atoms with E-state index in [1.54, 1.807) is 53.9 Å². The van der Waals surface area contributed by atoms with Crippen molar-refractivity contribution in [2.45, 2.75) is 243 Å². The molecular formula is C88H118F2N8O18S2. The van der Waals surface area contributed by atoms with E-state index in [2.05, 4.69) is 43.1 Å². The summed E-state index contributed by atoms with van der Waals surface area (Å²) in [6.45, 7) is 19.3. The highest BCUT2D eigenvalue weighted by Gasteiger charge is 2.66. The number of ether oxygens (including phenoxy) is 6. The first-order chi connectivity index (χ1) is 55.8. The van der Waals surface area contributed by atoms with Gasteiger partial charge in [0.1, 0.15) is 59.5 Å². The number of fused-ring (bicyclic) bond motifs is 10. The fraction of sp³-hybridized carbons (Fsp3) is 0.659. The Bertz CT molecular complexity index is 4530. The highest BCUT2D eigenvalue weighted by molar-refractivity contribution is 7.92. The van der Waals surface area contributed by atoms with Crippen molar-refractivity contribution in [3.8, 4) is 23.3 Å². The molecule has 8 heterocycles. The number of amides is 4. The highest BCUT2D eigenvalue weighted by Crippen LogP contribution is 2.60. The van der Waals surface area contributed by atoms with Gasteiger partial charge in [-0.3, -0.25) is 47.8 Å². The highest BCUT2D eigenvalue weighted by atomic mass is 32.2. The van der Waals surface area contributed by atoms with E-state index in [0.717, 1.165) is 59.6 Å². The molecule has 4 saturated carbocycles. The number of allylic oxidation sites excluding steroid dienone is 4. The quantitative estimate of drug-likeness (QED) is 0.0690. The molecule has 0 radical (unpaired) electrons. The van der Waals surface area contributed by atoms with Crippen LogP contribution in [-0.4, -0.2) is 196 Å². The number of Topliss-reactive ketones (excluding diaryl/α,β-unsaturated/α-hetero) is 2. The molecular weight excluding hydrogens is 1560 g/mol. The number of hydrogen-bond acceptors (Lipinski definition) is 22. The number of anilines is 2. The van der Waals surface area contributed by atoms with Crippen molar-refractivity contribution in [3.63, 3.8) is 0 Å². The number of alkyl halides is 2. The number of ketones is 2. The predicted octanol–water partition coefficient (Wildman–Crippen LogP) is 12.2. The smallest absolute Gasteiger partial charge is 0.307 e. The number of benzene rings is 2. The molecule has 14 rings (SSSR count). The number of halogens is 2. The molecule has 26 nitrogen and oxygen atoms in total. The molecule has 0 spiro atoms. The summed E-state index contributed by atoms with van der Waals surface area (Å²) in [6.07, 6.45) is 15.2. The van der Waals surface area contributed by atoms with Crippen molar-refractivity contribution in [2.24, 2.45) is 58.2 Å². The molecule has 2 N–H and O–H groups in total. The van der Waals surface area contributed by atoms with Gasteiger partial charge in [-0.25, -0.2) is 35.6 Å². The summed E-state index contributed by atoms with van der Waals surface area (Å²) in [4.78, 5) is 131. The molecule has 2 aromatic carbocycles. The Labute approximate surface area is 691 Å². The van der Waals surface area contributed by atoms with E-state index >= 15 is 9.59 Å². The van der Waals surface area contributed by atoms with Crippen LogP contribution in [0.5, 0.6) is 23.3 Å². The third kappa shape index (κ3) is 18.4. The average molecular weight is 1680 g/mol. The standard InChI is InChI=1S/2C44H59FN4O9S/c2*1-7-28-20-27(2)10-8-9-11-29-23-44(29,41(53)47-59(54,55)43(26-45)15-16-43)24-36(50)35-21-30(25-49(35)40(52)33(28)22-37(51)58-42(3,4)5)57-39-32-12-13-34-38(31(32)14-17-46-39)56-19-18-48(34)6/h2*9,11-14,17,27-30,33,35H,7-8,10,15-16,18-26H2,1-6H3,(H,47,53)/b2*11-9-/t27-,28+,29+,30+,33-,35-,44+;27-,28-,29-,30-,33+,35+,44-/m01/s1. The molecule has 0 bridgehead atoms. The van der Waals surface area contributed by atoms with Gasteiger partial charge in [0.2, 0.25) is 55.4 Å². The fourth-order valence-electron chi connectivity index (χ4n) is 18.7. The molecule has 6 fully saturated rings. The van der Waals surface area contributed by atoms with Gasteiger partial charge in [-0.15, -0.1) is 0 Å². The Balaban J connectivity index is 0.000000205. The molecule has 6 aliphatic heterocycles. The monoisotopic (exact) mass is 1680 g/mol. The number of aromatic nitrogens is 2. The van der Waals surface area contributed by atoms with Crippen molar-refractivity contribution in [1.82, 2.24) is 29.2 Å². The summed E-state index contributed by atoms with van der Waals surface area (Å²) < 4.78 is 119. The number of sulfonamides is 2. The minimum Gasteiger partial charge on any atom is -0.489 e. The first-order valence-corrected chi connectivity index (χ1v) is 45.3. The van der Waals surface area contributed by atoms with Gasteiger partial charge < -0.3 is 48.0 Å². The fourth-order valence-corrected chi connectivity index (χ4v) is 21.6. The van der Waals surface area contributed by atoms with Crippen LogP contribution >= 0.6 is 0 Å². The Hall–Kier alpha value is -8.54. The van der Waals surface area contributed by atoms with Gasteiger partial charge in [0.25, 0.3) is 0 Å². The number of carbonyl (C=O) groups is 8. The zero-order chi connectivity index (χ0) is 85.0. The lowest BCUT2D eigenvalue weighted by molar-refractivity contribution is -0.160.